The van der Waals surface area contributed by atoms with Gasteiger partial charge in [0.05, 0.1) is 6.54 Å². The lowest BCUT2D eigenvalue weighted by atomic mass is 10.0. The van der Waals surface area contributed by atoms with Crippen LogP contribution in [0.1, 0.15) is 18.9 Å². The second-order valence-electron chi connectivity index (χ2n) is 6.11. The number of hydrogen-bond acceptors (Lipinski definition) is 5. The molecule has 1 aliphatic heterocycles. The molecule has 1 saturated heterocycles. The van der Waals surface area contributed by atoms with Gasteiger partial charge in [0.25, 0.3) is 0 Å². The zero-order chi connectivity index (χ0) is 20.0. The van der Waals surface area contributed by atoms with E-state index in [1.807, 2.05) is 0 Å². The Kier molecular flexibility index (Phi) is 6.54. The quantitative estimate of drug-likeness (QED) is 0.752. The topological polar surface area (TPSA) is 105 Å². The van der Waals surface area contributed by atoms with E-state index in [2.05, 4.69) is 5.32 Å². The highest BCUT2D eigenvalue weighted by molar-refractivity contribution is 5.81. The Balaban J connectivity index is 1.81. The average molecular weight is 386 g/mol. The lowest BCUT2D eigenvalue weighted by Gasteiger charge is -2.36. The van der Waals surface area contributed by atoms with Gasteiger partial charge in [-0.3, -0.25) is 0 Å². The van der Waals surface area contributed by atoms with Gasteiger partial charge < -0.3 is 24.8 Å². The van der Waals surface area contributed by atoms with Crippen molar-refractivity contribution >= 4 is 18.2 Å². The van der Waals surface area contributed by atoms with E-state index in [1.165, 1.54) is 6.92 Å². The predicted molar refractivity (Wildman–Crippen MR) is 88.3 cm³/mol. The molecule has 0 saturated carbocycles. The molecule has 27 heavy (non-hydrogen) atoms. The Morgan fingerprint density at radius 3 is 2.59 bits per heavy atom. The number of ether oxygens (including phenoxy) is 2. The van der Waals surface area contributed by atoms with Crippen molar-refractivity contribution in [2.24, 2.45) is 0 Å². The summed E-state index contributed by atoms with van der Waals surface area (Å²) in [6, 6.07) is 7.63. The number of carbonyl (C=O) groups is 3. The number of hydrogen-bond donors (Lipinski definition) is 2. The SMILES string of the molecule is CC(NC(=O)OCc1ccccc1)C(=O)OC1CCN(C(=O)O)CC1(F)F. The molecule has 2 rings (SSSR count). The molecule has 148 valence electrons. The van der Waals surface area contributed by atoms with Crippen LogP contribution in [0.3, 0.4) is 0 Å². The van der Waals surface area contributed by atoms with Crippen LogP contribution in [-0.2, 0) is 20.9 Å². The summed E-state index contributed by atoms with van der Waals surface area (Å²) < 4.78 is 37.7. The molecule has 1 fully saturated rings. The smallest absolute Gasteiger partial charge is 0.408 e. The highest BCUT2D eigenvalue weighted by Crippen LogP contribution is 2.30. The normalized spacial score (nSPS) is 19.7. The Morgan fingerprint density at radius 2 is 2.00 bits per heavy atom. The summed E-state index contributed by atoms with van der Waals surface area (Å²) in [6.45, 7) is 0.0296. The van der Waals surface area contributed by atoms with E-state index in [4.69, 9.17) is 14.6 Å². The Labute approximate surface area is 154 Å². The van der Waals surface area contributed by atoms with Gasteiger partial charge in [0, 0.05) is 13.0 Å². The minimum Gasteiger partial charge on any atom is -0.465 e. The molecule has 2 N–H and O–H groups in total. The number of amides is 2. The molecule has 2 amide bonds. The van der Waals surface area contributed by atoms with E-state index >= 15 is 0 Å². The number of carbonyl (C=O) groups excluding carboxylic acids is 2. The van der Waals surface area contributed by atoms with Crippen molar-refractivity contribution in [3.63, 3.8) is 0 Å². The van der Waals surface area contributed by atoms with Gasteiger partial charge in [-0.25, -0.2) is 23.2 Å². The standard InChI is InChI=1S/C17H20F2N2O6/c1-11(20-15(23)26-9-12-5-3-2-4-6-12)14(22)27-13-7-8-21(16(24)25)10-17(13,18)19/h2-6,11,13H,7-10H2,1H3,(H,20,23)(H,24,25). The number of esters is 1. The maximum Gasteiger partial charge on any atom is 0.408 e. The summed E-state index contributed by atoms with van der Waals surface area (Å²) in [5.41, 5.74) is 0.743. The monoisotopic (exact) mass is 386 g/mol. The van der Waals surface area contributed by atoms with Crippen molar-refractivity contribution in [3.05, 3.63) is 35.9 Å². The fourth-order valence-corrected chi connectivity index (χ4v) is 2.47. The average Bonchev–Trinajstić information content (AvgIpc) is 2.62. The summed E-state index contributed by atoms with van der Waals surface area (Å²) in [4.78, 5) is 35.0. The van der Waals surface area contributed by atoms with Crippen LogP contribution in [0, 0.1) is 0 Å². The highest BCUT2D eigenvalue weighted by Gasteiger charge is 2.48. The molecule has 10 heteroatoms. The third-order valence-electron chi connectivity index (χ3n) is 3.96. The van der Waals surface area contributed by atoms with Crippen molar-refractivity contribution in [1.29, 1.82) is 0 Å². The van der Waals surface area contributed by atoms with Gasteiger partial charge in [-0.2, -0.15) is 0 Å². The fraction of sp³-hybridized carbons (Fsp3) is 0.471. The van der Waals surface area contributed by atoms with E-state index in [9.17, 15) is 23.2 Å². The number of nitrogens with zero attached hydrogens (tertiary/aromatic N) is 1. The van der Waals surface area contributed by atoms with Gasteiger partial charge in [0.15, 0.2) is 6.10 Å². The number of piperidine rings is 1. The summed E-state index contributed by atoms with van der Waals surface area (Å²) in [7, 11) is 0. The van der Waals surface area contributed by atoms with Gasteiger partial charge in [-0.1, -0.05) is 30.3 Å². The molecule has 0 spiro atoms. The van der Waals surface area contributed by atoms with Crippen LogP contribution < -0.4 is 5.32 Å². The van der Waals surface area contributed by atoms with Crippen LogP contribution in [0.25, 0.3) is 0 Å². The van der Waals surface area contributed by atoms with Gasteiger partial charge in [0.1, 0.15) is 12.6 Å². The number of rotatable bonds is 5. The molecule has 0 radical (unpaired) electrons. The maximum absolute atomic E-state index is 14.0. The fourth-order valence-electron chi connectivity index (χ4n) is 2.47. The first-order valence-electron chi connectivity index (χ1n) is 8.22. The highest BCUT2D eigenvalue weighted by atomic mass is 19.3. The number of alkyl carbamates (subject to hydrolysis) is 1. The molecule has 0 bridgehead atoms. The maximum atomic E-state index is 14.0. The number of nitrogens with one attached hydrogen (secondary N) is 1. The van der Waals surface area contributed by atoms with E-state index in [-0.39, 0.29) is 19.6 Å². The first kappa shape index (κ1) is 20.4. The predicted octanol–water partition coefficient (Wildman–Crippen LogP) is 2.23. The Bertz CT molecular complexity index is 685. The van der Waals surface area contributed by atoms with Crippen LogP contribution in [0.2, 0.25) is 0 Å². The van der Waals surface area contributed by atoms with Crippen molar-refractivity contribution in [2.75, 3.05) is 13.1 Å². The second-order valence-corrected chi connectivity index (χ2v) is 6.11. The molecular weight excluding hydrogens is 366 g/mol. The Hall–Kier alpha value is -2.91. The number of halogens is 2. The lowest BCUT2D eigenvalue weighted by molar-refractivity contribution is -0.187. The zero-order valence-electron chi connectivity index (χ0n) is 14.6. The second kappa shape index (κ2) is 8.65. The molecule has 1 aliphatic rings. The first-order valence-corrected chi connectivity index (χ1v) is 8.22. The van der Waals surface area contributed by atoms with Crippen LogP contribution in [0.5, 0.6) is 0 Å². The summed E-state index contributed by atoms with van der Waals surface area (Å²) in [5.74, 6) is -4.57. The number of alkyl halides is 2. The molecule has 1 aromatic carbocycles. The summed E-state index contributed by atoms with van der Waals surface area (Å²) >= 11 is 0. The van der Waals surface area contributed by atoms with Gasteiger partial charge in [0.2, 0.25) is 0 Å². The molecule has 0 aliphatic carbocycles. The summed E-state index contributed by atoms with van der Waals surface area (Å²) in [6.07, 6.45) is -4.45. The lowest BCUT2D eigenvalue weighted by Crippen LogP contribution is -2.55. The zero-order valence-corrected chi connectivity index (χ0v) is 14.6. The molecule has 1 heterocycles. The van der Waals surface area contributed by atoms with Crippen molar-refractivity contribution in [2.45, 2.75) is 38.0 Å². The first-order chi connectivity index (χ1) is 12.7. The molecule has 0 aromatic heterocycles. The molecule has 8 nitrogen and oxygen atoms in total. The van der Waals surface area contributed by atoms with Gasteiger partial charge >= 0.3 is 24.1 Å². The van der Waals surface area contributed by atoms with Crippen LogP contribution in [-0.4, -0.2) is 59.3 Å². The van der Waals surface area contributed by atoms with Gasteiger partial charge in [-0.05, 0) is 12.5 Å². The van der Waals surface area contributed by atoms with E-state index < -0.39 is 42.8 Å². The van der Waals surface area contributed by atoms with Gasteiger partial charge in [-0.15, -0.1) is 0 Å². The Morgan fingerprint density at radius 1 is 1.33 bits per heavy atom. The number of carboxylic acid groups (broad SMARTS) is 1. The van der Waals surface area contributed by atoms with E-state index in [0.717, 1.165) is 5.56 Å². The largest absolute Gasteiger partial charge is 0.465 e. The van der Waals surface area contributed by atoms with Crippen molar-refractivity contribution in [1.82, 2.24) is 10.2 Å². The number of likely N-dealkylation sites (tertiary alicyclic amines) is 1. The third-order valence-corrected chi connectivity index (χ3v) is 3.96. The van der Waals surface area contributed by atoms with E-state index in [0.29, 0.717) is 4.90 Å². The summed E-state index contributed by atoms with van der Waals surface area (Å²) in [5, 5.41) is 11.0. The third kappa shape index (κ3) is 5.80. The van der Waals surface area contributed by atoms with Crippen molar-refractivity contribution in [3.8, 4) is 0 Å². The van der Waals surface area contributed by atoms with Crippen LogP contribution in [0.4, 0.5) is 18.4 Å². The van der Waals surface area contributed by atoms with Crippen LogP contribution in [0.15, 0.2) is 30.3 Å². The van der Waals surface area contributed by atoms with Crippen molar-refractivity contribution < 1.29 is 37.7 Å². The molecular formula is C17H20F2N2O6. The molecule has 2 atom stereocenters. The van der Waals surface area contributed by atoms with Crippen LogP contribution >= 0.6 is 0 Å². The number of benzene rings is 1. The molecule has 1 aromatic rings. The van der Waals surface area contributed by atoms with E-state index in [1.54, 1.807) is 30.3 Å². The minimum absolute atomic E-state index is 0.0137. The molecule has 2 unspecified atom stereocenters. The minimum atomic E-state index is -3.51.